The van der Waals surface area contributed by atoms with Crippen molar-refractivity contribution in [2.75, 3.05) is 26.1 Å². The van der Waals surface area contributed by atoms with Crippen LogP contribution >= 0.6 is 0 Å². The molecule has 0 spiro atoms. The normalized spacial score (nSPS) is 10.2. The highest BCUT2D eigenvalue weighted by atomic mass is 16.5. The molecule has 0 unspecified atom stereocenters. The second-order valence-electron chi connectivity index (χ2n) is 4.38. The Balaban J connectivity index is 2.27. The van der Waals surface area contributed by atoms with Gasteiger partial charge in [0, 0.05) is 32.9 Å². The van der Waals surface area contributed by atoms with E-state index in [1.165, 1.54) is 0 Å². The number of nitrogens with zero attached hydrogens (tertiary/aromatic N) is 3. The van der Waals surface area contributed by atoms with Crippen LogP contribution in [0.2, 0.25) is 0 Å². The van der Waals surface area contributed by atoms with Gasteiger partial charge in [0.05, 0.1) is 7.11 Å². The first kappa shape index (κ1) is 14.1. The molecule has 2 rings (SSSR count). The molecule has 0 amide bonds. The van der Waals surface area contributed by atoms with Gasteiger partial charge in [0.2, 0.25) is 11.8 Å². The highest BCUT2D eigenvalue weighted by Crippen LogP contribution is 2.31. The average Bonchev–Trinajstić information content (AvgIpc) is 2.48. The Bertz CT molecular complexity index is 587. The fourth-order valence-electron chi connectivity index (χ4n) is 1.64. The maximum Gasteiger partial charge on any atom is 0.228 e. The van der Waals surface area contributed by atoms with E-state index in [1.54, 1.807) is 19.4 Å². The van der Waals surface area contributed by atoms with Gasteiger partial charge in [-0.15, -0.1) is 0 Å². The monoisotopic (exact) mass is 274 g/mol. The Morgan fingerprint density at radius 1 is 1.20 bits per heavy atom. The van der Waals surface area contributed by atoms with Crippen LogP contribution < -0.4 is 20.1 Å². The van der Waals surface area contributed by atoms with Crippen molar-refractivity contribution in [3.63, 3.8) is 0 Å². The van der Waals surface area contributed by atoms with Crippen molar-refractivity contribution in [3.05, 3.63) is 36.0 Å². The molecule has 20 heavy (non-hydrogen) atoms. The maximum absolute atomic E-state index is 5.75. The maximum atomic E-state index is 5.75. The summed E-state index contributed by atoms with van der Waals surface area (Å²) in [6, 6.07) is 7.26. The summed E-state index contributed by atoms with van der Waals surface area (Å²) in [4.78, 5) is 10.2. The summed E-state index contributed by atoms with van der Waals surface area (Å²) in [6.45, 7) is 0.453. The topological polar surface area (TPSA) is 73.5 Å². The van der Waals surface area contributed by atoms with Gasteiger partial charge < -0.3 is 20.1 Å². The molecular formula is C14H18N4O2. The molecule has 0 radical (unpaired) electrons. The average molecular weight is 274 g/mol. The summed E-state index contributed by atoms with van der Waals surface area (Å²) >= 11 is 0. The van der Waals surface area contributed by atoms with Crippen LogP contribution in [-0.4, -0.2) is 31.2 Å². The Labute approximate surface area is 118 Å². The van der Waals surface area contributed by atoms with Crippen molar-refractivity contribution in [3.8, 4) is 17.4 Å². The molecule has 0 bridgehead atoms. The van der Waals surface area contributed by atoms with Crippen LogP contribution in [0.15, 0.2) is 30.5 Å². The van der Waals surface area contributed by atoms with Gasteiger partial charge in [-0.3, -0.25) is 0 Å². The highest BCUT2D eigenvalue weighted by Gasteiger charge is 2.09. The van der Waals surface area contributed by atoms with Crippen LogP contribution in [0.25, 0.3) is 0 Å². The van der Waals surface area contributed by atoms with Crippen LogP contribution in [0.4, 0.5) is 5.95 Å². The number of rotatable bonds is 5. The van der Waals surface area contributed by atoms with E-state index in [1.807, 2.05) is 37.2 Å². The van der Waals surface area contributed by atoms with Crippen LogP contribution in [0, 0.1) is 0 Å². The van der Waals surface area contributed by atoms with Crippen LogP contribution in [0.1, 0.15) is 5.56 Å². The van der Waals surface area contributed by atoms with Crippen molar-refractivity contribution in [2.24, 2.45) is 5.73 Å². The number of aromatic nitrogens is 2. The van der Waals surface area contributed by atoms with Crippen LogP contribution in [0.5, 0.6) is 17.4 Å². The Kier molecular flexibility index (Phi) is 4.37. The largest absolute Gasteiger partial charge is 0.493 e. The summed E-state index contributed by atoms with van der Waals surface area (Å²) in [6.07, 6.45) is 1.65. The molecule has 0 fully saturated rings. The van der Waals surface area contributed by atoms with E-state index in [-0.39, 0.29) is 0 Å². The summed E-state index contributed by atoms with van der Waals surface area (Å²) in [5.41, 5.74) is 6.58. The zero-order valence-electron chi connectivity index (χ0n) is 11.8. The van der Waals surface area contributed by atoms with Crippen molar-refractivity contribution >= 4 is 5.95 Å². The third-order valence-electron chi connectivity index (χ3n) is 2.70. The summed E-state index contributed by atoms with van der Waals surface area (Å²) in [5, 5.41) is 0. The molecule has 0 saturated carbocycles. The number of anilines is 1. The Hall–Kier alpha value is -2.34. The van der Waals surface area contributed by atoms with Gasteiger partial charge in [-0.1, -0.05) is 6.07 Å². The predicted molar refractivity (Wildman–Crippen MR) is 77.3 cm³/mol. The number of hydrogen-bond donors (Lipinski definition) is 1. The lowest BCUT2D eigenvalue weighted by atomic mass is 10.2. The van der Waals surface area contributed by atoms with E-state index < -0.39 is 0 Å². The van der Waals surface area contributed by atoms with E-state index >= 15 is 0 Å². The number of hydrogen-bond acceptors (Lipinski definition) is 6. The van der Waals surface area contributed by atoms with Gasteiger partial charge in [-0.2, -0.15) is 4.98 Å². The SMILES string of the molecule is COc1cc(CN)ccc1Oc1ccnc(N(C)C)n1. The molecule has 2 N–H and O–H groups in total. The molecule has 106 valence electrons. The van der Waals surface area contributed by atoms with E-state index in [2.05, 4.69) is 9.97 Å². The molecule has 0 atom stereocenters. The molecule has 1 aromatic heterocycles. The second kappa shape index (κ2) is 6.21. The van der Waals surface area contributed by atoms with Gasteiger partial charge >= 0.3 is 0 Å². The van der Waals surface area contributed by atoms with Gasteiger partial charge in [0.1, 0.15) is 0 Å². The molecule has 0 aliphatic carbocycles. The standard InChI is InChI=1S/C14H18N4O2/c1-18(2)14-16-7-6-13(17-14)20-11-5-4-10(9-15)8-12(11)19-3/h4-8H,9,15H2,1-3H3. The number of nitrogens with two attached hydrogens (primary N) is 1. The van der Waals surface area contributed by atoms with Gasteiger partial charge in [0.15, 0.2) is 11.5 Å². The second-order valence-corrected chi connectivity index (χ2v) is 4.38. The minimum absolute atomic E-state index is 0.453. The first-order valence-corrected chi connectivity index (χ1v) is 6.19. The molecule has 0 aliphatic rings. The predicted octanol–water partition coefficient (Wildman–Crippen LogP) is 1.80. The number of benzene rings is 1. The van der Waals surface area contributed by atoms with E-state index in [4.69, 9.17) is 15.2 Å². The highest BCUT2D eigenvalue weighted by molar-refractivity contribution is 5.45. The lowest BCUT2D eigenvalue weighted by Crippen LogP contribution is -2.12. The van der Waals surface area contributed by atoms with Gasteiger partial charge in [-0.25, -0.2) is 4.98 Å². The third kappa shape index (κ3) is 3.16. The zero-order chi connectivity index (χ0) is 14.5. The summed E-state index contributed by atoms with van der Waals surface area (Å²) < 4.78 is 11.1. The lowest BCUT2D eigenvalue weighted by Gasteiger charge is -2.13. The van der Waals surface area contributed by atoms with Gasteiger partial charge in [0.25, 0.3) is 0 Å². The first-order chi connectivity index (χ1) is 9.63. The molecule has 1 heterocycles. The smallest absolute Gasteiger partial charge is 0.228 e. The lowest BCUT2D eigenvalue weighted by molar-refractivity contribution is 0.373. The Morgan fingerprint density at radius 2 is 2.00 bits per heavy atom. The van der Waals surface area contributed by atoms with Crippen molar-refractivity contribution < 1.29 is 9.47 Å². The van der Waals surface area contributed by atoms with Crippen molar-refractivity contribution in [1.82, 2.24) is 9.97 Å². The molecule has 0 aliphatic heterocycles. The minimum Gasteiger partial charge on any atom is -0.493 e. The van der Waals surface area contributed by atoms with Crippen molar-refractivity contribution in [1.29, 1.82) is 0 Å². The zero-order valence-corrected chi connectivity index (χ0v) is 11.8. The fraction of sp³-hybridized carbons (Fsp3) is 0.286. The first-order valence-electron chi connectivity index (χ1n) is 6.19. The molecule has 6 heteroatoms. The molecule has 6 nitrogen and oxygen atoms in total. The number of ether oxygens (including phenoxy) is 2. The van der Waals surface area contributed by atoms with Crippen LogP contribution in [-0.2, 0) is 6.54 Å². The summed E-state index contributed by atoms with van der Waals surface area (Å²) in [5.74, 6) is 2.26. The van der Waals surface area contributed by atoms with Crippen molar-refractivity contribution in [2.45, 2.75) is 6.54 Å². The summed E-state index contributed by atoms with van der Waals surface area (Å²) in [7, 11) is 5.33. The Morgan fingerprint density at radius 3 is 2.65 bits per heavy atom. The van der Waals surface area contributed by atoms with E-state index in [0.717, 1.165) is 5.56 Å². The molecule has 2 aromatic rings. The van der Waals surface area contributed by atoms with E-state index in [9.17, 15) is 0 Å². The molecule has 0 saturated heterocycles. The van der Waals surface area contributed by atoms with Gasteiger partial charge in [-0.05, 0) is 17.7 Å². The quantitative estimate of drug-likeness (QED) is 0.896. The van der Waals surface area contributed by atoms with E-state index in [0.29, 0.717) is 29.9 Å². The minimum atomic E-state index is 0.453. The molecular weight excluding hydrogens is 256 g/mol. The molecule has 1 aromatic carbocycles. The third-order valence-corrected chi connectivity index (χ3v) is 2.70. The fourth-order valence-corrected chi connectivity index (χ4v) is 1.64. The van der Waals surface area contributed by atoms with Crippen LogP contribution in [0.3, 0.4) is 0 Å². The number of methoxy groups -OCH3 is 1.